The van der Waals surface area contributed by atoms with E-state index in [1.165, 1.54) is 24.6 Å². The van der Waals surface area contributed by atoms with Crippen molar-refractivity contribution in [1.82, 2.24) is 4.98 Å². The molecule has 1 unspecified atom stereocenters. The van der Waals surface area contributed by atoms with E-state index in [0.717, 1.165) is 30.0 Å². The Hall–Kier alpha value is -3.39. The van der Waals surface area contributed by atoms with Gasteiger partial charge >= 0.3 is 0 Å². The van der Waals surface area contributed by atoms with Gasteiger partial charge in [0, 0.05) is 36.0 Å². The van der Waals surface area contributed by atoms with Crippen LogP contribution in [-0.4, -0.2) is 30.3 Å². The zero-order chi connectivity index (χ0) is 27.5. The number of nitrogens with two attached hydrogens (primary N) is 2. The van der Waals surface area contributed by atoms with Gasteiger partial charge in [0.25, 0.3) is 0 Å². The van der Waals surface area contributed by atoms with Crippen molar-refractivity contribution < 1.29 is 18.3 Å². The molecule has 1 aromatic heterocycles. The molecule has 3 rings (SSSR count). The van der Waals surface area contributed by atoms with Crippen LogP contribution in [0.3, 0.4) is 0 Å². The molecule has 1 fully saturated rings. The average Bonchev–Trinajstić information content (AvgIpc) is 3.70. The molecule has 6 nitrogen and oxygen atoms in total. The van der Waals surface area contributed by atoms with Crippen molar-refractivity contribution >= 4 is 12.1 Å². The molecule has 4 N–H and O–H groups in total. The number of pyridine rings is 1. The second kappa shape index (κ2) is 14.4. The van der Waals surface area contributed by atoms with E-state index in [-0.39, 0.29) is 24.4 Å². The SMILES string of the molecule is C=C/C(=C\N=C(CCC)C1CC1)C(CN)c1cc(C)c(OCC)c(-c2cc(C)c(F)cc2F)n1.NC=O. The van der Waals surface area contributed by atoms with Crippen molar-refractivity contribution in [3.05, 3.63) is 71.1 Å². The first-order valence-corrected chi connectivity index (χ1v) is 12.6. The fourth-order valence-corrected chi connectivity index (χ4v) is 4.13. The molecule has 1 aliphatic carbocycles. The molecule has 2 aromatic rings. The molecule has 1 saturated carbocycles. The first-order valence-electron chi connectivity index (χ1n) is 12.6. The van der Waals surface area contributed by atoms with E-state index in [1.54, 1.807) is 13.0 Å². The molecule has 0 radical (unpaired) electrons. The number of aryl methyl sites for hydroxylation is 2. The van der Waals surface area contributed by atoms with Gasteiger partial charge in [-0.2, -0.15) is 0 Å². The molecule has 8 heteroatoms. The number of aromatic nitrogens is 1. The fraction of sp³-hybridized carbons (Fsp3) is 0.414. The number of carbonyl (C=O) groups is 1. The van der Waals surface area contributed by atoms with Crippen LogP contribution in [0.25, 0.3) is 11.3 Å². The smallest absolute Gasteiger partial charge is 0.204 e. The van der Waals surface area contributed by atoms with Crippen molar-refractivity contribution in [1.29, 1.82) is 0 Å². The number of ether oxygens (including phenoxy) is 1. The molecule has 1 atom stereocenters. The number of halogens is 2. The predicted molar refractivity (Wildman–Crippen MR) is 146 cm³/mol. The molecule has 200 valence electrons. The highest BCUT2D eigenvalue weighted by Gasteiger charge is 2.27. The largest absolute Gasteiger partial charge is 0.491 e. The van der Waals surface area contributed by atoms with Crippen LogP contribution in [0, 0.1) is 31.4 Å². The number of hydrogen-bond acceptors (Lipinski definition) is 5. The highest BCUT2D eigenvalue weighted by molar-refractivity contribution is 5.89. The third-order valence-electron chi connectivity index (χ3n) is 6.14. The van der Waals surface area contributed by atoms with E-state index in [4.69, 9.17) is 25.2 Å². The Morgan fingerprint density at radius 1 is 1.22 bits per heavy atom. The van der Waals surface area contributed by atoms with Crippen LogP contribution in [0.1, 0.15) is 62.3 Å². The van der Waals surface area contributed by atoms with Gasteiger partial charge in [0.15, 0.2) is 0 Å². The van der Waals surface area contributed by atoms with Gasteiger partial charge in [-0.25, -0.2) is 13.8 Å². The Bertz CT molecular complexity index is 1160. The Kier molecular flexibility index (Phi) is 11.6. The van der Waals surface area contributed by atoms with Gasteiger partial charge in [0.05, 0.1) is 12.3 Å². The molecule has 1 heterocycles. The maximum absolute atomic E-state index is 14.9. The third kappa shape index (κ3) is 7.79. The van der Waals surface area contributed by atoms with Gasteiger partial charge in [-0.1, -0.05) is 26.0 Å². The summed E-state index contributed by atoms with van der Waals surface area (Å²) in [5.74, 6) is -0.495. The zero-order valence-electron chi connectivity index (χ0n) is 22.2. The van der Waals surface area contributed by atoms with Crippen molar-refractivity contribution in [3.63, 3.8) is 0 Å². The van der Waals surface area contributed by atoms with E-state index in [1.807, 2.05) is 26.1 Å². The van der Waals surface area contributed by atoms with E-state index >= 15 is 0 Å². The minimum Gasteiger partial charge on any atom is -0.491 e. The number of primary amides is 1. The summed E-state index contributed by atoms with van der Waals surface area (Å²) in [5, 5.41) is 0. The zero-order valence-corrected chi connectivity index (χ0v) is 22.2. The minimum atomic E-state index is -0.685. The molecular formula is C29H38F2N4O2. The summed E-state index contributed by atoms with van der Waals surface area (Å²) < 4.78 is 34.6. The van der Waals surface area contributed by atoms with Crippen LogP contribution in [0.2, 0.25) is 0 Å². The highest BCUT2D eigenvalue weighted by atomic mass is 19.1. The van der Waals surface area contributed by atoms with E-state index in [9.17, 15) is 8.78 Å². The molecule has 1 amide bonds. The van der Waals surface area contributed by atoms with Crippen molar-refractivity contribution in [2.45, 2.75) is 59.3 Å². The first-order chi connectivity index (χ1) is 17.8. The van der Waals surface area contributed by atoms with E-state index in [2.05, 4.69) is 19.2 Å². The minimum absolute atomic E-state index is 0.198. The predicted octanol–water partition coefficient (Wildman–Crippen LogP) is 5.91. The lowest BCUT2D eigenvalue weighted by molar-refractivity contribution is -0.106. The summed E-state index contributed by atoms with van der Waals surface area (Å²) in [4.78, 5) is 18.2. The topological polar surface area (TPSA) is 104 Å². The number of amides is 1. The van der Waals surface area contributed by atoms with Crippen molar-refractivity contribution in [2.24, 2.45) is 22.4 Å². The maximum Gasteiger partial charge on any atom is 0.204 e. The molecule has 37 heavy (non-hydrogen) atoms. The van der Waals surface area contributed by atoms with Gasteiger partial charge in [-0.05, 0) is 74.8 Å². The highest BCUT2D eigenvalue weighted by Crippen LogP contribution is 2.37. The lowest BCUT2D eigenvalue weighted by Crippen LogP contribution is -2.17. The van der Waals surface area contributed by atoms with Crippen LogP contribution in [0.5, 0.6) is 5.75 Å². The quantitative estimate of drug-likeness (QED) is 0.222. The van der Waals surface area contributed by atoms with Crippen LogP contribution in [0.15, 0.2) is 47.6 Å². The Morgan fingerprint density at radius 3 is 2.43 bits per heavy atom. The van der Waals surface area contributed by atoms with Gasteiger partial charge < -0.3 is 16.2 Å². The number of carbonyl (C=O) groups excluding carboxylic acids is 1. The number of allylic oxidation sites excluding steroid dienone is 1. The van der Waals surface area contributed by atoms with Crippen molar-refractivity contribution in [3.8, 4) is 17.0 Å². The summed E-state index contributed by atoms with van der Waals surface area (Å²) in [7, 11) is 0. The van der Waals surface area contributed by atoms with Gasteiger partial charge in [0.2, 0.25) is 6.41 Å². The molecule has 1 aromatic carbocycles. The van der Waals surface area contributed by atoms with Crippen LogP contribution in [0.4, 0.5) is 8.78 Å². The van der Waals surface area contributed by atoms with Gasteiger partial charge in [0.1, 0.15) is 23.1 Å². The molecule has 0 spiro atoms. The Balaban J connectivity index is 0.00000153. The number of nitrogens with zero attached hydrogens (tertiary/aromatic N) is 2. The van der Waals surface area contributed by atoms with Gasteiger partial charge in [-0.3, -0.25) is 9.79 Å². The number of aliphatic imine (C=N–C) groups is 1. The molecule has 0 aliphatic heterocycles. The number of hydrogen-bond donors (Lipinski definition) is 2. The summed E-state index contributed by atoms with van der Waals surface area (Å²) >= 11 is 0. The number of rotatable bonds is 11. The molecule has 0 bridgehead atoms. The van der Waals surface area contributed by atoms with Crippen LogP contribution >= 0.6 is 0 Å². The lowest BCUT2D eigenvalue weighted by Gasteiger charge is -2.20. The maximum atomic E-state index is 14.9. The molecule has 1 aliphatic rings. The molecule has 0 saturated heterocycles. The fourth-order valence-electron chi connectivity index (χ4n) is 4.13. The first kappa shape index (κ1) is 29.8. The Morgan fingerprint density at radius 2 is 1.89 bits per heavy atom. The monoisotopic (exact) mass is 512 g/mol. The summed E-state index contributed by atoms with van der Waals surface area (Å²) in [5.41, 5.74) is 14.8. The van der Waals surface area contributed by atoms with Gasteiger partial charge in [-0.15, -0.1) is 0 Å². The molecular weight excluding hydrogens is 474 g/mol. The summed E-state index contributed by atoms with van der Waals surface area (Å²) in [6.45, 7) is 12.2. The Labute approximate surface area is 218 Å². The second-order valence-electron chi connectivity index (χ2n) is 8.96. The van der Waals surface area contributed by atoms with E-state index < -0.39 is 11.6 Å². The normalized spacial score (nSPS) is 14.5. The summed E-state index contributed by atoms with van der Waals surface area (Å²) in [6, 6.07) is 4.27. The van der Waals surface area contributed by atoms with Crippen molar-refractivity contribution in [2.75, 3.05) is 13.2 Å². The third-order valence-corrected chi connectivity index (χ3v) is 6.14. The van der Waals surface area contributed by atoms with Crippen LogP contribution < -0.4 is 16.2 Å². The number of benzene rings is 1. The van der Waals surface area contributed by atoms with Crippen LogP contribution in [-0.2, 0) is 4.79 Å². The second-order valence-corrected chi connectivity index (χ2v) is 8.96. The summed E-state index contributed by atoms with van der Waals surface area (Å²) in [6.07, 6.45) is 8.28. The standard InChI is InChI=1S/C28H35F2N3O.CH3NO/c1-6-9-25(20-10-11-20)32-16-19(7-2)22(15-31)26-13-18(5)28(34-8-3)27(33-26)21-12-17(4)23(29)14-24(21)30;2-1-3/h7,12-14,16,20,22H,2,6,8-11,15,31H2,1,3-5H3;1H,(H2,2,3)/b19-16+,32-25?;. The lowest BCUT2D eigenvalue weighted by atomic mass is 9.93. The average molecular weight is 513 g/mol. The van der Waals surface area contributed by atoms with E-state index in [0.29, 0.717) is 35.2 Å².